The molecule has 0 N–H and O–H groups in total. The van der Waals surface area contributed by atoms with Crippen LogP contribution in [0.15, 0.2) is 54.1 Å². The molecule has 1 heteroatoms. The molecule has 0 bridgehead atoms. The number of benzene rings is 2. The first-order valence-corrected chi connectivity index (χ1v) is 8.08. The second kappa shape index (κ2) is 6.31. The van der Waals surface area contributed by atoms with Crippen LogP contribution in [0.3, 0.4) is 0 Å². The summed E-state index contributed by atoms with van der Waals surface area (Å²) in [6.07, 6.45) is 4.96. The maximum atomic E-state index is 12.7. The van der Waals surface area contributed by atoms with Crippen molar-refractivity contribution >= 4 is 11.9 Å². The number of Topliss-reactive ketones (excluding diaryl/α,β-unsaturated/α-hetero) is 1. The lowest BCUT2D eigenvalue weighted by Gasteiger charge is -2.07. The van der Waals surface area contributed by atoms with Crippen LogP contribution in [-0.4, -0.2) is 5.78 Å². The number of fused-ring (bicyclic) bond motifs is 1. The summed E-state index contributed by atoms with van der Waals surface area (Å²) in [5, 5.41) is 0. The molecule has 2 aromatic rings. The fraction of sp³-hybridized carbons (Fsp3) is 0.286. The molecule has 3 rings (SSSR count). The van der Waals surface area contributed by atoms with Crippen LogP contribution < -0.4 is 0 Å². The molecule has 0 saturated heterocycles. The highest BCUT2D eigenvalue weighted by molar-refractivity contribution is 6.12. The van der Waals surface area contributed by atoms with Gasteiger partial charge < -0.3 is 0 Å². The Labute approximate surface area is 132 Å². The predicted molar refractivity (Wildman–Crippen MR) is 92.2 cm³/mol. The molecule has 1 aliphatic carbocycles. The van der Waals surface area contributed by atoms with Gasteiger partial charge in [0.1, 0.15) is 0 Å². The van der Waals surface area contributed by atoms with Crippen molar-refractivity contribution in [3.8, 4) is 0 Å². The third kappa shape index (κ3) is 3.04. The molecule has 0 amide bonds. The average molecular weight is 290 g/mol. The molecule has 0 unspecified atom stereocenters. The second-order valence-electron chi connectivity index (χ2n) is 6.33. The molecular weight excluding hydrogens is 268 g/mol. The Morgan fingerprint density at radius 2 is 1.68 bits per heavy atom. The van der Waals surface area contributed by atoms with Crippen molar-refractivity contribution in [2.45, 2.75) is 39.0 Å². The lowest BCUT2D eigenvalue weighted by Crippen LogP contribution is -2.03. The Hall–Kier alpha value is -2.15. The van der Waals surface area contributed by atoms with Crippen molar-refractivity contribution in [3.05, 3.63) is 76.4 Å². The van der Waals surface area contributed by atoms with Crippen LogP contribution in [0.25, 0.3) is 6.08 Å². The molecule has 0 saturated carbocycles. The minimum Gasteiger partial charge on any atom is -0.289 e. The first kappa shape index (κ1) is 14.8. The Kier molecular flexibility index (Phi) is 4.24. The van der Waals surface area contributed by atoms with Crippen LogP contribution in [0, 0.1) is 0 Å². The van der Waals surface area contributed by atoms with E-state index in [1.807, 2.05) is 18.2 Å². The molecule has 0 fully saturated rings. The van der Waals surface area contributed by atoms with Gasteiger partial charge in [-0.1, -0.05) is 62.4 Å². The third-order valence-electron chi connectivity index (χ3n) is 4.39. The summed E-state index contributed by atoms with van der Waals surface area (Å²) in [5.74, 6) is 0.731. The van der Waals surface area contributed by atoms with E-state index < -0.39 is 0 Å². The molecule has 0 atom stereocenters. The number of aryl methyl sites for hydroxylation is 1. The predicted octanol–water partition coefficient (Wildman–Crippen LogP) is 5.41. The normalized spacial score (nSPS) is 16.7. The van der Waals surface area contributed by atoms with Crippen LogP contribution in [0.1, 0.15) is 59.7 Å². The maximum absolute atomic E-state index is 12.7. The molecule has 22 heavy (non-hydrogen) atoms. The molecule has 0 radical (unpaired) electrons. The van der Waals surface area contributed by atoms with E-state index in [0.717, 1.165) is 36.0 Å². The second-order valence-corrected chi connectivity index (χ2v) is 6.33. The zero-order valence-electron chi connectivity index (χ0n) is 13.3. The van der Waals surface area contributed by atoms with Crippen LogP contribution in [-0.2, 0) is 6.42 Å². The molecule has 1 aliphatic rings. The molecule has 0 aliphatic heterocycles. The first-order valence-electron chi connectivity index (χ1n) is 8.08. The SMILES string of the molecule is CC(C)c1ccc(C=C2CCCc3ccccc3C2=O)cc1. The van der Waals surface area contributed by atoms with E-state index in [-0.39, 0.29) is 5.78 Å². The number of carbonyl (C=O) groups is 1. The zero-order chi connectivity index (χ0) is 15.5. The van der Waals surface area contributed by atoms with Gasteiger partial charge in [-0.05, 0) is 47.9 Å². The van der Waals surface area contributed by atoms with E-state index in [9.17, 15) is 4.79 Å². The Morgan fingerprint density at radius 1 is 0.955 bits per heavy atom. The summed E-state index contributed by atoms with van der Waals surface area (Å²) in [4.78, 5) is 12.7. The number of hydrogen-bond donors (Lipinski definition) is 0. The van der Waals surface area contributed by atoms with E-state index in [1.54, 1.807) is 0 Å². The minimum absolute atomic E-state index is 0.195. The van der Waals surface area contributed by atoms with E-state index in [1.165, 1.54) is 11.1 Å². The van der Waals surface area contributed by atoms with Gasteiger partial charge in [0.25, 0.3) is 0 Å². The van der Waals surface area contributed by atoms with Crippen LogP contribution in [0.4, 0.5) is 0 Å². The summed E-state index contributed by atoms with van der Waals surface area (Å²) in [5.41, 5.74) is 5.45. The van der Waals surface area contributed by atoms with E-state index in [4.69, 9.17) is 0 Å². The summed E-state index contributed by atoms with van der Waals surface area (Å²) < 4.78 is 0. The summed E-state index contributed by atoms with van der Waals surface area (Å²) in [6, 6.07) is 16.6. The lowest BCUT2D eigenvalue weighted by atomic mass is 9.97. The van der Waals surface area contributed by atoms with Gasteiger partial charge in [-0.3, -0.25) is 4.79 Å². The van der Waals surface area contributed by atoms with Crippen molar-refractivity contribution in [1.82, 2.24) is 0 Å². The molecule has 0 aromatic heterocycles. The van der Waals surface area contributed by atoms with E-state index >= 15 is 0 Å². The number of ketones is 1. The summed E-state index contributed by atoms with van der Waals surface area (Å²) in [6.45, 7) is 4.39. The smallest absolute Gasteiger partial charge is 0.189 e. The fourth-order valence-electron chi connectivity index (χ4n) is 3.03. The van der Waals surface area contributed by atoms with Crippen LogP contribution in [0.2, 0.25) is 0 Å². The highest BCUT2D eigenvalue weighted by Gasteiger charge is 2.19. The van der Waals surface area contributed by atoms with Crippen molar-refractivity contribution in [3.63, 3.8) is 0 Å². The molecule has 0 spiro atoms. The first-order chi connectivity index (χ1) is 10.6. The van der Waals surface area contributed by atoms with Gasteiger partial charge in [0.2, 0.25) is 0 Å². The maximum Gasteiger partial charge on any atom is 0.189 e. The third-order valence-corrected chi connectivity index (χ3v) is 4.39. The zero-order valence-corrected chi connectivity index (χ0v) is 13.3. The number of allylic oxidation sites excluding steroid dienone is 1. The molecule has 1 nitrogen and oxygen atoms in total. The molecule has 0 heterocycles. The molecule has 2 aromatic carbocycles. The van der Waals surface area contributed by atoms with Gasteiger partial charge in [-0.2, -0.15) is 0 Å². The fourth-order valence-corrected chi connectivity index (χ4v) is 3.03. The van der Waals surface area contributed by atoms with Gasteiger partial charge in [0.15, 0.2) is 5.78 Å². The topological polar surface area (TPSA) is 17.1 Å². The van der Waals surface area contributed by atoms with Gasteiger partial charge in [-0.25, -0.2) is 0 Å². The Balaban J connectivity index is 1.92. The highest BCUT2D eigenvalue weighted by Crippen LogP contribution is 2.26. The number of carbonyl (C=O) groups excluding carboxylic acids is 1. The average Bonchev–Trinajstić information content (AvgIpc) is 2.68. The van der Waals surface area contributed by atoms with Crippen molar-refractivity contribution < 1.29 is 4.79 Å². The molecular formula is C21H22O. The van der Waals surface area contributed by atoms with Gasteiger partial charge in [-0.15, -0.1) is 0 Å². The number of hydrogen-bond acceptors (Lipinski definition) is 1. The summed E-state index contributed by atoms with van der Waals surface area (Å²) in [7, 11) is 0. The molecule has 112 valence electrons. The minimum atomic E-state index is 0.195. The quantitative estimate of drug-likeness (QED) is 0.533. The van der Waals surface area contributed by atoms with Crippen LogP contribution in [0.5, 0.6) is 0 Å². The lowest BCUT2D eigenvalue weighted by molar-refractivity contribution is 0.103. The standard InChI is InChI=1S/C21H22O/c1-15(2)17-12-10-16(11-13-17)14-19-8-5-7-18-6-3-4-9-20(18)21(19)22/h3-4,6,9-15H,5,7-8H2,1-2H3. The van der Waals surface area contributed by atoms with Crippen molar-refractivity contribution in [2.24, 2.45) is 0 Å². The van der Waals surface area contributed by atoms with Gasteiger partial charge in [0.05, 0.1) is 0 Å². The van der Waals surface area contributed by atoms with E-state index in [2.05, 4.69) is 50.3 Å². The Bertz CT molecular complexity index is 705. The monoisotopic (exact) mass is 290 g/mol. The van der Waals surface area contributed by atoms with Gasteiger partial charge >= 0.3 is 0 Å². The van der Waals surface area contributed by atoms with Crippen LogP contribution >= 0.6 is 0 Å². The largest absolute Gasteiger partial charge is 0.289 e. The summed E-state index contributed by atoms with van der Waals surface area (Å²) >= 11 is 0. The number of rotatable bonds is 2. The Morgan fingerprint density at radius 3 is 2.41 bits per heavy atom. The van der Waals surface area contributed by atoms with Gasteiger partial charge in [0, 0.05) is 11.1 Å². The van der Waals surface area contributed by atoms with Crippen molar-refractivity contribution in [1.29, 1.82) is 0 Å². The van der Waals surface area contributed by atoms with Crippen molar-refractivity contribution in [2.75, 3.05) is 0 Å². The highest BCUT2D eigenvalue weighted by atomic mass is 16.1. The van der Waals surface area contributed by atoms with E-state index in [0.29, 0.717) is 5.92 Å².